The molecule has 0 amide bonds. The predicted molar refractivity (Wildman–Crippen MR) is 169 cm³/mol. The highest BCUT2D eigenvalue weighted by Gasteiger charge is 2.34. The van der Waals surface area contributed by atoms with E-state index in [4.69, 9.17) is 14.5 Å². The molecule has 0 aliphatic carbocycles. The Morgan fingerprint density at radius 1 is 1.00 bits per heavy atom. The second kappa shape index (κ2) is 11.9. The van der Waals surface area contributed by atoms with E-state index < -0.39 is 12.0 Å². The topological polar surface area (TPSA) is 69.9 Å². The number of benzene rings is 4. The molecule has 5 aromatic rings. The number of nitrogens with zero attached hydrogens (tertiary/aromatic N) is 2. The number of rotatable bonds is 7. The number of hydrogen-bond donors (Lipinski definition) is 0. The van der Waals surface area contributed by atoms with Gasteiger partial charge in [0.25, 0.3) is 5.56 Å². The molecule has 0 spiro atoms. The minimum atomic E-state index is -0.683. The summed E-state index contributed by atoms with van der Waals surface area (Å²) in [5.41, 5.74) is 3.33. The van der Waals surface area contributed by atoms with Crippen LogP contribution >= 0.6 is 27.3 Å². The van der Waals surface area contributed by atoms with Gasteiger partial charge in [-0.15, -0.1) is 0 Å². The second-order valence-electron chi connectivity index (χ2n) is 9.82. The van der Waals surface area contributed by atoms with Crippen molar-refractivity contribution in [1.29, 1.82) is 0 Å². The van der Waals surface area contributed by atoms with Gasteiger partial charge in [0.15, 0.2) is 4.80 Å². The van der Waals surface area contributed by atoms with Gasteiger partial charge in [-0.05, 0) is 60.0 Å². The summed E-state index contributed by atoms with van der Waals surface area (Å²) in [4.78, 5) is 32.7. The molecule has 0 fully saturated rings. The molecular weight excluding hydrogens is 612 g/mol. The van der Waals surface area contributed by atoms with Crippen LogP contribution in [0.1, 0.15) is 36.6 Å². The molecule has 8 heteroatoms. The summed E-state index contributed by atoms with van der Waals surface area (Å²) in [6, 6.07) is 28.8. The molecule has 42 heavy (non-hydrogen) atoms. The monoisotopic (exact) mass is 638 g/mol. The summed E-state index contributed by atoms with van der Waals surface area (Å²) in [5.74, 6) is 0.193. The average molecular weight is 640 g/mol. The van der Waals surface area contributed by atoms with Crippen molar-refractivity contribution >= 4 is 50.1 Å². The lowest BCUT2D eigenvalue weighted by molar-refractivity contribution is -0.139. The van der Waals surface area contributed by atoms with E-state index in [2.05, 4.69) is 15.9 Å². The van der Waals surface area contributed by atoms with E-state index in [0.29, 0.717) is 33.0 Å². The van der Waals surface area contributed by atoms with Crippen molar-refractivity contribution in [3.05, 3.63) is 143 Å². The van der Waals surface area contributed by atoms with E-state index in [1.807, 2.05) is 97.1 Å². The SMILES string of the molecule is CCOC(=O)C1=C(C)N=c2s/c(=C/c3ccccc3OCc3ccc(Br)cc3)c(=O)n2[C@H]1c1cccc2ccccc12. The van der Waals surface area contributed by atoms with Crippen LogP contribution in [0.2, 0.25) is 0 Å². The molecule has 1 aliphatic rings. The summed E-state index contributed by atoms with van der Waals surface area (Å²) in [6.07, 6.45) is 1.84. The van der Waals surface area contributed by atoms with Crippen LogP contribution in [0.4, 0.5) is 0 Å². The number of hydrogen-bond acceptors (Lipinski definition) is 6. The van der Waals surface area contributed by atoms with Crippen molar-refractivity contribution in [3.63, 3.8) is 0 Å². The molecule has 0 N–H and O–H groups in total. The number of aromatic nitrogens is 1. The first kappa shape index (κ1) is 27.9. The van der Waals surface area contributed by atoms with Crippen molar-refractivity contribution in [2.75, 3.05) is 6.61 Å². The molecule has 0 bridgehead atoms. The molecule has 0 unspecified atom stereocenters. The predicted octanol–water partition coefficient (Wildman–Crippen LogP) is 6.29. The number of thiazole rings is 1. The van der Waals surface area contributed by atoms with Crippen molar-refractivity contribution in [1.82, 2.24) is 4.57 Å². The van der Waals surface area contributed by atoms with Crippen molar-refractivity contribution in [3.8, 4) is 5.75 Å². The summed E-state index contributed by atoms with van der Waals surface area (Å²) < 4.78 is 14.8. The summed E-state index contributed by atoms with van der Waals surface area (Å²) in [5, 5.41) is 1.98. The number of carbonyl (C=O) groups excluding carboxylic acids is 1. The lowest BCUT2D eigenvalue weighted by atomic mass is 9.91. The highest BCUT2D eigenvalue weighted by atomic mass is 79.9. The Labute approximate surface area is 255 Å². The Morgan fingerprint density at radius 2 is 1.74 bits per heavy atom. The Hall–Kier alpha value is -4.27. The van der Waals surface area contributed by atoms with Gasteiger partial charge in [-0.2, -0.15) is 0 Å². The van der Waals surface area contributed by atoms with Crippen LogP contribution in [0.15, 0.2) is 117 Å². The van der Waals surface area contributed by atoms with Gasteiger partial charge in [0.2, 0.25) is 0 Å². The van der Waals surface area contributed by atoms with E-state index in [-0.39, 0.29) is 12.2 Å². The fourth-order valence-electron chi connectivity index (χ4n) is 5.19. The molecule has 1 aliphatic heterocycles. The van der Waals surface area contributed by atoms with Crippen LogP contribution in [-0.2, 0) is 16.1 Å². The van der Waals surface area contributed by atoms with Crippen LogP contribution in [0.25, 0.3) is 16.8 Å². The van der Waals surface area contributed by atoms with Crippen LogP contribution < -0.4 is 19.6 Å². The Kier molecular flexibility index (Phi) is 7.91. The molecule has 1 atom stereocenters. The number of fused-ring (bicyclic) bond motifs is 2. The van der Waals surface area contributed by atoms with Gasteiger partial charge in [-0.1, -0.05) is 100 Å². The Balaban J connectivity index is 1.48. The smallest absolute Gasteiger partial charge is 0.338 e. The third kappa shape index (κ3) is 5.35. The lowest BCUT2D eigenvalue weighted by Gasteiger charge is -2.25. The third-order valence-electron chi connectivity index (χ3n) is 7.15. The quantitative estimate of drug-likeness (QED) is 0.196. The summed E-state index contributed by atoms with van der Waals surface area (Å²) in [6.45, 7) is 4.18. The highest BCUT2D eigenvalue weighted by Crippen LogP contribution is 2.35. The zero-order valence-corrected chi connectivity index (χ0v) is 25.4. The first-order valence-electron chi connectivity index (χ1n) is 13.6. The number of ether oxygens (including phenoxy) is 2. The van der Waals surface area contributed by atoms with E-state index in [1.165, 1.54) is 11.3 Å². The second-order valence-corrected chi connectivity index (χ2v) is 11.7. The zero-order valence-electron chi connectivity index (χ0n) is 23.0. The molecule has 1 aromatic heterocycles. The zero-order chi connectivity index (χ0) is 29.2. The van der Waals surface area contributed by atoms with E-state index in [1.54, 1.807) is 18.4 Å². The van der Waals surface area contributed by atoms with E-state index in [9.17, 15) is 9.59 Å². The standard InChI is InChI=1S/C34H27BrN2O4S/c1-3-40-33(39)30-21(2)36-34-37(31(30)27-13-8-11-23-9-4-6-12-26(23)27)32(38)29(42-34)19-24-10-5-7-14-28(24)41-20-22-15-17-25(35)18-16-22/h4-19,31H,3,20H2,1-2H3/b29-19+/t31-/m0/s1. The summed E-state index contributed by atoms with van der Waals surface area (Å²) in [7, 11) is 0. The number of halogens is 1. The number of carbonyl (C=O) groups is 1. The molecule has 0 saturated heterocycles. The van der Waals surface area contributed by atoms with Crippen molar-refractivity contribution < 1.29 is 14.3 Å². The highest BCUT2D eigenvalue weighted by molar-refractivity contribution is 9.10. The Morgan fingerprint density at radius 3 is 2.55 bits per heavy atom. The average Bonchev–Trinajstić information content (AvgIpc) is 3.30. The van der Waals surface area contributed by atoms with Gasteiger partial charge in [-0.3, -0.25) is 9.36 Å². The van der Waals surface area contributed by atoms with Crippen LogP contribution in [0.5, 0.6) is 5.75 Å². The van der Waals surface area contributed by atoms with Gasteiger partial charge in [-0.25, -0.2) is 9.79 Å². The maximum atomic E-state index is 14.2. The minimum absolute atomic E-state index is 0.222. The van der Waals surface area contributed by atoms with E-state index >= 15 is 0 Å². The number of allylic oxidation sites excluding steroid dienone is 1. The molecule has 0 saturated carbocycles. The lowest BCUT2D eigenvalue weighted by Crippen LogP contribution is -2.40. The first-order valence-corrected chi connectivity index (χ1v) is 15.2. The molecular formula is C34H27BrN2O4S. The van der Waals surface area contributed by atoms with Crippen LogP contribution in [0, 0.1) is 0 Å². The molecule has 6 rings (SSSR count). The van der Waals surface area contributed by atoms with Crippen LogP contribution in [-0.4, -0.2) is 17.1 Å². The van der Waals surface area contributed by atoms with Crippen LogP contribution in [0.3, 0.4) is 0 Å². The Bertz CT molecular complexity index is 2020. The maximum absolute atomic E-state index is 14.2. The van der Waals surface area contributed by atoms with Gasteiger partial charge in [0, 0.05) is 10.0 Å². The maximum Gasteiger partial charge on any atom is 0.338 e. The van der Waals surface area contributed by atoms with Crippen molar-refractivity contribution in [2.45, 2.75) is 26.5 Å². The van der Waals surface area contributed by atoms with Gasteiger partial charge < -0.3 is 9.47 Å². The minimum Gasteiger partial charge on any atom is -0.488 e. The third-order valence-corrected chi connectivity index (χ3v) is 8.66. The fourth-order valence-corrected chi connectivity index (χ4v) is 6.49. The molecule has 6 nitrogen and oxygen atoms in total. The van der Waals surface area contributed by atoms with Crippen molar-refractivity contribution in [2.24, 2.45) is 4.99 Å². The molecule has 0 radical (unpaired) electrons. The fraction of sp³-hybridized carbons (Fsp3) is 0.147. The summed E-state index contributed by atoms with van der Waals surface area (Å²) >= 11 is 4.76. The molecule has 4 aromatic carbocycles. The van der Waals surface area contributed by atoms with Gasteiger partial charge >= 0.3 is 5.97 Å². The molecule has 210 valence electrons. The number of para-hydroxylation sites is 1. The number of esters is 1. The van der Waals surface area contributed by atoms with Gasteiger partial charge in [0.05, 0.1) is 28.5 Å². The molecule has 2 heterocycles. The normalized spacial score (nSPS) is 14.9. The van der Waals surface area contributed by atoms with Gasteiger partial charge in [0.1, 0.15) is 12.4 Å². The largest absolute Gasteiger partial charge is 0.488 e. The first-order chi connectivity index (χ1) is 20.4. The van der Waals surface area contributed by atoms with E-state index in [0.717, 1.165) is 31.9 Å².